The summed E-state index contributed by atoms with van der Waals surface area (Å²) in [5.74, 6) is 1.77. The lowest BCUT2D eigenvalue weighted by molar-refractivity contribution is 0.178. The molecule has 0 aromatic carbocycles. The first-order valence-corrected chi connectivity index (χ1v) is 5.84. The van der Waals surface area contributed by atoms with Gasteiger partial charge in [-0.1, -0.05) is 0 Å². The first kappa shape index (κ1) is 12.1. The van der Waals surface area contributed by atoms with E-state index in [9.17, 15) is 0 Å². The van der Waals surface area contributed by atoms with Gasteiger partial charge in [-0.25, -0.2) is 15.0 Å². The second-order valence-corrected chi connectivity index (χ2v) is 4.56. The molecular weight excluding hydrogens is 216 g/mol. The summed E-state index contributed by atoms with van der Waals surface area (Å²) in [6, 6.07) is 1.96. The fraction of sp³-hybridized carbons (Fsp3) is 0.636. The summed E-state index contributed by atoms with van der Waals surface area (Å²) in [5, 5.41) is 2.20. The van der Waals surface area contributed by atoms with Crippen LogP contribution in [0.1, 0.15) is 0 Å². The van der Waals surface area contributed by atoms with E-state index in [1.807, 2.05) is 25.1 Å². The summed E-state index contributed by atoms with van der Waals surface area (Å²) in [4.78, 5) is 12.7. The van der Waals surface area contributed by atoms with Gasteiger partial charge in [-0.3, -0.25) is 0 Å². The smallest absolute Gasteiger partial charge is 0.145 e. The van der Waals surface area contributed by atoms with Gasteiger partial charge in [0.2, 0.25) is 0 Å². The minimum atomic E-state index is 0.855. The van der Waals surface area contributed by atoms with Crippen molar-refractivity contribution in [1.29, 1.82) is 0 Å². The Morgan fingerprint density at radius 3 is 2.53 bits per heavy atom. The van der Waals surface area contributed by atoms with Crippen LogP contribution in [0, 0.1) is 0 Å². The fourth-order valence-corrected chi connectivity index (χ4v) is 1.73. The number of nitrogens with zero attached hydrogens (tertiary/aromatic N) is 5. The van der Waals surface area contributed by atoms with Crippen LogP contribution < -0.4 is 10.3 Å². The Morgan fingerprint density at radius 2 is 1.88 bits per heavy atom. The number of hydrogen-bond acceptors (Lipinski definition) is 6. The van der Waals surface area contributed by atoms with Crippen molar-refractivity contribution < 1.29 is 0 Å². The summed E-state index contributed by atoms with van der Waals surface area (Å²) >= 11 is 0. The number of likely N-dealkylation sites (N-methyl/N-ethyl adjacent to an activating group) is 1. The van der Waals surface area contributed by atoms with E-state index >= 15 is 0 Å². The van der Waals surface area contributed by atoms with Gasteiger partial charge in [-0.05, 0) is 7.05 Å². The number of nitrogens with one attached hydrogen (secondary N) is 1. The average Bonchev–Trinajstić information content (AvgIpc) is 2.32. The van der Waals surface area contributed by atoms with E-state index < -0.39 is 0 Å². The molecule has 1 aliphatic heterocycles. The molecule has 1 saturated heterocycles. The second-order valence-electron chi connectivity index (χ2n) is 4.56. The third-order valence-electron chi connectivity index (χ3n) is 2.89. The summed E-state index contributed by atoms with van der Waals surface area (Å²) in [5.41, 5.74) is 3.33. The minimum absolute atomic E-state index is 0.855. The predicted octanol–water partition coefficient (Wildman–Crippen LogP) is 0.117. The molecule has 17 heavy (non-hydrogen) atoms. The summed E-state index contributed by atoms with van der Waals surface area (Å²) in [7, 11) is 6.09. The van der Waals surface area contributed by atoms with Gasteiger partial charge >= 0.3 is 0 Å². The molecule has 0 bridgehead atoms. The van der Waals surface area contributed by atoms with Crippen molar-refractivity contribution in [2.45, 2.75) is 0 Å². The molecule has 1 fully saturated rings. The van der Waals surface area contributed by atoms with Crippen LogP contribution in [-0.4, -0.2) is 67.2 Å². The first-order valence-electron chi connectivity index (χ1n) is 5.84. The molecule has 0 atom stereocenters. The molecule has 1 aromatic heterocycles. The number of hydrogen-bond donors (Lipinski definition) is 1. The van der Waals surface area contributed by atoms with Crippen LogP contribution in [0.5, 0.6) is 0 Å². The molecule has 0 aliphatic carbocycles. The standard InChI is InChI=1S/C11H20N6/c1-15(2)11-8-10(12-9-13-11)14-17-6-4-16(3)5-7-17/h8-9H,4-7H2,1-3H3,(H,12,13,14). The predicted molar refractivity (Wildman–Crippen MR) is 69.1 cm³/mol. The van der Waals surface area contributed by atoms with Gasteiger partial charge in [-0.2, -0.15) is 0 Å². The zero-order valence-corrected chi connectivity index (χ0v) is 10.7. The van der Waals surface area contributed by atoms with Crippen molar-refractivity contribution in [2.75, 3.05) is 57.6 Å². The first-order chi connectivity index (χ1) is 8.15. The van der Waals surface area contributed by atoms with Gasteiger partial charge in [0, 0.05) is 46.3 Å². The molecule has 6 heteroatoms. The Hall–Kier alpha value is -1.40. The zero-order chi connectivity index (χ0) is 12.3. The lowest BCUT2D eigenvalue weighted by Gasteiger charge is -2.32. The van der Waals surface area contributed by atoms with Crippen LogP contribution in [0.4, 0.5) is 11.6 Å². The van der Waals surface area contributed by atoms with Crippen molar-refractivity contribution in [3.05, 3.63) is 12.4 Å². The van der Waals surface area contributed by atoms with Gasteiger partial charge in [0.15, 0.2) is 0 Å². The summed E-state index contributed by atoms with van der Waals surface area (Å²) in [6.07, 6.45) is 1.59. The highest BCUT2D eigenvalue weighted by molar-refractivity contribution is 5.46. The van der Waals surface area contributed by atoms with Crippen LogP contribution in [-0.2, 0) is 0 Å². The SMILES string of the molecule is CN1CCN(Nc2cc(N(C)C)ncn2)CC1. The van der Waals surface area contributed by atoms with Crippen LogP contribution in [0.25, 0.3) is 0 Å². The molecule has 2 rings (SSSR count). The number of anilines is 2. The quantitative estimate of drug-likeness (QED) is 0.804. The Kier molecular flexibility index (Phi) is 3.75. The van der Waals surface area contributed by atoms with E-state index in [0.29, 0.717) is 0 Å². The van der Waals surface area contributed by atoms with Crippen molar-refractivity contribution in [3.8, 4) is 0 Å². The second kappa shape index (κ2) is 5.29. The monoisotopic (exact) mass is 236 g/mol. The Balaban J connectivity index is 1.96. The van der Waals surface area contributed by atoms with Gasteiger partial charge in [0.25, 0.3) is 0 Å². The van der Waals surface area contributed by atoms with Crippen LogP contribution >= 0.6 is 0 Å². The highest BCUT2D eigenvalue weighted by Crippen LogP contribution is 2.12. The molecule has 94 valence electrons. The Bertz CT molecular complexity index is 359. The van der Waals surface area contributed by atoms with Gasteiger partial charge in [0.05, 0.1) is 0 Å². The maximum absolute atomic E-state index is 4.23. The Labute approximate surface area is 102 Å². The topological polar surface area (TPSA) is 47.5 Å². The van der Waals surface area contributed by atoms with E-state index in [-0.39, 0.29) is 0 Å². The minimum Gasteiger partial charge on any atom is -0.363 e. The van der Waals surface area contributed by atoms with Gasteiger partial charge in [0.1, 0.15) is 18.0 Å². The van der Waals surface area contributed by atoms with Crippen LogP contribution in [0.2, 0.25) is 0 Å². The molecule has 0 amide bonds. The molecule has 2 heterocycles. The van der Waals surface area contributed by atoms with E-state index in [0.717, 1.165) is 37.8 Å². The number of rotatable bonds is 3. The number of hydrazine groups is 1. The summed E-state index contributed by atoms with van der Waals surface area (Å²) in [6.45, 7) is 4.19. The van der Waals surface area contributed by atoms with E-state index in [1.54, 1.807) is 6.33 Å². The van der Waals surface area contributed by atoms with E-state index in [1.165, 1.54) is 0 Å². The maximum atomic E-state index is 4.23. The third-order valence-corrected chi connectivity index (χ3v) is 2.89. The highest BCUT2D eigenvalue weighted by Gasteiger charge is 2.14. The maximum Gasteiger partial charge on any atom is 0.145 e. The van der Waals surface area contributed by atoms with Crippen LogP contribution in [0.3, 0.4) is 0 Å². The van der Waals surface area contributed by atoms with Gasteiger partial charge < -0.3 is 15.2 Å². The average molecular weight is 236 g/mol. The third kappa shape index (κ3) is 3.28. The molecule has 0 spiro atoms. The molecule has 1 aromatic rings. The van der Waals surface area contributed by atoms with Crippen molar-refractivity contribution in [3.63, 3.8) is 0 Å². The number of piperazine rings is 1. The van der Waals surface area contributed by atoms with E-state index in [2.05, 4.69) is 32.4 Å². The van der Waals surface area contributed by atoms with Gasteiger partial charge in [-0.15, -0.1) is 0 Å². The normalized spacial score (nSPS) is 18.1. The van der Waals surface area contributed by atoms with Crippen molar-refractivity contribution in [2.24, 2.45) is 0 Å². The molecule has 0 radical (unpaired) electrons. The largest absolute Gasteiger partial charge is 0.363 e. The molecular formula is C11H20N6. The Morgan fingerprint density at radius 1 is 1.18 bits per heavy atom. The highest BCUT2D eigenvalue weighted by atomic mass is 15.5. The molecule has 0 saturated carbocycles. The summed E-state index contributed by atoms with van der Waals surface area (Å²) < 4.78 is 0. The molecule has 6 nitrogen and oxygen atoms in total. The van der Waals surface area contributed by atoms with Crippen molar-refractivity contribution >= 4 is 11.6 Å². The molecule has 1 N–H and O–H groups in total. The number of aromatic nitrogens is 2. The molecule has 0 unspecified atom stereocenters. The fourth-order valence-electron chi connectivity index (χ4n) is 1.73. The molecule has 1 aliphatic rings. The van der Waals surface area contributed by atoms with Crippen LogP contribution in [0.15, 0.2) is 12.4 Å². The lowest BCUT2D eigenvalue weighted by atomic mass is 10.4. The van der Waals surface area contributed by atoms with E-state index in [4.69, 9.17) is 0 Å². The zero-order valence-electron chi connectivity index (χ0n) is 10.7. The van der Waals surface area contributed by atoms with Crippen molar-refractivity contribution in [1.82, 2.24) is 19.9 Å². The lowest BCUT2D eigenvalue weighted by Crippen LogP contribution is -2.47.